The van der Waals surface area contributed by atoms with Crippen LogP contribution in [0.15, 0.2) is 30.3 Å². The lowest BCUT2D eigenvalue weighted by atomic mass is 9.93. The van der Waals surface area contributed by atoms with Crippen molar-refractivity contribution in [3.8, 4) is 5.75 Å². The number of aromatic nitrogens is 1. The molecule has 4 rings (SSSR count). The second-order valence-electron chi connectivity index (χ2n) is 7.98. The highest BCUT2D eigenvalue weighted by atomic mass is 32.1. The number of ether oxygens (including phenoxy) is 1. The SMILES string of the molecule is CC1CCc2nc(NC(=O)C3CCN(C(=O)COc4ccccc4)CC3)sc2C1. The summed E-state index contributed by atoms with van der Waals surface area (Å²) in [6, 6.07) is 9.33. The number of nitrogens with one attached hydrogen (secondary N) is 1. The summed E-state index contributed by atoms with van der Waals surface area (Å²) in [6.45, 7) is 3.47. The van der Waals surface area contributed by atoms with E-state index in [0.717, 1.165) is 23.7 Å². The summed E-state index contributed by atoms with van der Waals surface area (Å²) in [5, 5.41) is 3.74. The first-order valence-corrected chi connectivity index (χ1v) is 11.1. The van der Waals surface area contributed by atoms with Gasteiger partial charge in [0.2, 0.25) is 5.91 Å². The Kier molecular flexibility index (Phi) is 6.13. The van der Waals surface area contributed by atoms with Crippen LogP contribution in [0.25, 0.3) is 0 Å². The maximum atomic E-state index is 12.7. The maximum absolute atomic E-state index is 12.7. The number of anilines is 1. The molecule has 2 aromatic rings. The van der Waals surface area contributed by atoms with E-state index in [9.17, 15) is 9.59 Å². The lowest BCUT2D eigenvalue weighted by Crippen LogP contribution is -2.43. The highest BCUT2D eigenvalue weighted by molar-refractivity contribution is 7.15. The van der Waals surface area contributed by atoms with Crippen LogP contribution in [-0.4, -0.2) is 41.4 Å². The van der Waals surface area contributed by atoms with Crippen molar-refractivity contribution in [2.24, 2.45) is 11.8 Å². The number of benzene rings is 1. The predicted octanol–water partition coefficient (Wildman–Crippen LogP) is 3.52. The van der Waals surface area contributed by atoms with E-state index in [4.69, 9.17) is 4.74 Å². The molecule has 1 unspecified atom stereocenters. The molecule has 7 heteroatoms. The molecule has 0 saturated carbocycles. The Morgan fingerprint density at radius 2 is 1.97 bits per heavy atom. The third-order valence-electron chi connectivity index (χ3n) is 5.74. The summed E-state index contributed by atoms with van der Waals surface area (Å²) >= 11 is 1.62. The number of carbonyl (C=O) groups excluding carboxylic acids is 2. The molecular weight excluding hydrogens is 386 g/mol. The van der Waals surface area contributed by atoms with Gasteiger partial charge in [0.1, 0.15) is 5.75 Å². The zero-order valence-electron chi connectivity index (χ0n) is 16.7. The Balaban J connectivity index is 1.24. The monoisotopic (exact) mass is 413 g/mol. The summed E-state index contributed by atoms with van der Waals surface area (Å²) in [5.74, 6) is 1.30. The van der Waals surface area contributed by atoms with E-state index in [1.54, 1.807) is 16.2 Å². The van der Waals surface area contributed by atoms with Crippen LogP contribution in [0.1, 0.15) is 36.8 Å². The van der Waals surface area contributed by atoms with E-state index in [0.29, 0.717) is 37.6 Å². The molecule has 1 aliphatic carbocycles. The molecule has 1 N–H and O–H groups in total. The van der Waals surface area contributed by atoms with Gasteiger partial charge in [0.25, 0.3) is 5.91 Å². The van der Waals surface area contributed by atoms with Crippen LogP contribution in [0, 0.1) is 11.8 Å². The van der Waals surface area contributed by atoms with Crippen molar-refractivity contribution in [1.82, 2.24) is 9.88 Å². The normalized spacial score (nSPS) is 19.5. The number of hydrogen-bond donors (Lipinski definition) is 1. The summed E-state index contributed by atoms with van der Waals surface area (Å²) in [4.78, 5) is 32.8. The van der Waals surface area contributed by atoms with Crippen LogP contribution in [0.4, 0.5) is 5.13 Å². The fraction of sp³-hybridized carbons (Fsp3) is 0.500. The summed E-state index contributed by atoms with van der Waals surface area (Å²) < 4.78 is 5.54. The zero-order valence-corrected chi connectivity index (χ0v) is 17.5. The Labute approximate surface area is 175 Å². The highest BCUT2D eigenvalue weighted by Gasteiger charge is 2.28. The minimum atomic E-state index is -0.0751. The molecule has 0 spiro atoms. The third kappa shape index (κ3) is 4.96. The van der Waals surface area contributed by atoms with Gasteiger partial charge < -0.3 is 15.0 Å². The first-order chi connectivity index (χ1) is 14.1. The average Bonchev–Trinajstić information content (AvgIpc) is 3.14. The van der Waals surface area contributed by atoms with Crippen LogP contribution in [-0.2, 0) is 22.4 Å². The molecular formula is C22H27N3O3S. The predicted molar refractivity (Wildman–Crippen MR) is 113 cm³/mol. The average molecular weight is 414 g/mol. The Hall–Kier alpha value is -2.41. The summed E-state index contributed by atoms with van der Waals surface area (Å²) in [7, 11) is 0. The van der Waals surface area contributed by atoms with Gasteiger partial charge in [-0.3, -0.25) is 9.59 Å². The molecule has 1 atom stereocenters. The molecule has 29 heavy (non-hydrogen) atoms. The molecule has 1 fully saturated rings. The van der Waals surface area contributed by atoms with Crippen LogP contribution >= 0.6 is 11.3 Å². The minimum Gasteiger partial charge on any atom is -0.484 e. The Morgan fingerprint density at radius 3 is 2.72 bits per heavy atom. The molecule has 1 aromatic heterocycles. The van der Waals surface area contributed by atoms with E-state index in [1.165, 1.54) is 11.3 Å². The molecule has 0 bridgehead atoms. The second kappa shape index (κ2) is 8.95. The van der Waals surface area contributed by atoms with Gasteiger partial charge in [-0.1, -0.05) is 25.1 Å². The topological polar surface area (TPSA) is 71.5 Å². The minimum absolute atomic E-state index is 0.0248. The highest BCUT2D eigenvalue weighted by Crippen LogP contribution is 2.32. The van der Waals surface area contributed by atoms with Crippen molar-refractivity contribution in [3.63, 3.8) is 0 Å². The van der Waals surface area contributed by atoms with E-state index in [-0.39, 0.29) is 24.3 Å². The number of thiazole rings is 1. The molecule has 2 heterocycles. The van der Waals surface area contributed by atoms with Gasteiger partial charge in [-0.05, 0) is 50.2 Å². The standard InChI is InChI=1S/C22H27N3O3S/c1-15-7-8-18-19(13-15)29-22(23-18)24-21(27)16-9-11-25(12-10-16)20(26)14-28-17-5-3-2-4-6-17/h2-6,15-16H,7-14H2,1H3,(H,23,24,27). The van der Waals surface area contributed by atoms with Crippen LogP contribution < -0.4 is 10.1 Å². The first-order valence-electron chi connectivity index (χ1n) is 10.3. The Morgan fingerprint density at radius 1 is 1.21 bits per heavy atom. The Bertz CT molecular complexity index is 859. The molecule has 6 nitrogen and oxygen atoms in total. The summed E-state index contributed by atoms with van der Waals surface area (Å²) in [6.07, 6.45) is 4.59. The number of piperidine rings is 1. The van der Waals surface area contributed by atoms with Gasteiger partial charge in [-0.25, -0.2) is 4.98 Å². The van der Waals surface area contributed by atoms with Crippen molar-refractivity contribution in [1.29, 1.82) is 0 Å². The molecule has 0 radical (unpaired) electrons. The van der Waals surface area contributed by atoms with Gasteiger partial charge in [-0.2, -0.15) is 0 Å². The number of carbonyl (C=O) groups is 2. The number of hydrogen-bond acceptors (Lipinski definition) is 5. The van der Waals surface area contributed by atoms with Crippen molar-refractivity contribution >= 4 is 28.3 Å². The lowest BCUT2D eigenvalue weighted by Gasteiger charge is -2.31. The molecule has 1 saturated heterocycles. The first kappa shape index (κ1) is 19.9. The fourth-order valence-electron chi connectivity index (χ4n) is 3.94. The smallest absolute Gasteiger partial charge is 0.260 e. The molecule has 154 valence electrons. The number of fused-ring (bicyclic) bond motifs is 1. The van der Waals surface area contributed by atoms with Gasteiger partial charge >= 0.3 is 0 Å². The number of aryl methyl sites for hydroxylation is 1. The molecule has 2 amide bonds. The lowest BCUT2D eigenvalue weighted by molar-refractivity contribution is -0.136. The van der Waals surface area contributed by atoms with Crippen molar-refractivity contribution < 1.29 is 14.3 Å². The number of para-hydroxylation sites is 1. The van der Waals surface area contributed by atoms with Crippen LogP contribution in [0.2, 0.25) is 0 Å². The van der Waals surface area contributed by atoms with E-state index >= 15 is 0 Å². The number of nitrogens with zero attached hydrogens (tertiary/aromatic N) is 2. The fourth-order valence-corrected chi connectivity index (χ4v) is 5.12. The molecule has 1 aliphatic heterocycles. The van der Waals surface area contributed by atoms with Gasteiger partial charge in [0, 0.05) is 23.9 Å². The zero-order chi connectivity index (χ0) is 20.2. The van der Waals surface area contributed by atoms with Crippen LogP contribution in [0.5, 0.6) is 5.75 Å². The number of amides is 2. The van der Waals surface area contributed by atoms with E-state index in [1.807, 2.05) is 30.3 Å². The largest absolute Gasteiger partial charge is 0.484 e. The second-order valence-corrected chi connectivity index (χ2v) is 9.07. The van der Waals surface area contributed by atoms with Crippen molar-refractivity contribution in [2.45, 2.75) is 39.0 Å². The van der Waals surface area contributed by atoms with Gasteiger partial charge in [0.05, 0.1) is 5.69 Å². The third-order valence-corrected chi connectivity index (χ3v) is 6.78. The van der Waals surface area contributed by atoms with Gasteiger partial charge in [-0.15, -0.1) is 11.3 Å². The molecule has 1 aromatic carbocycles. The maximum Gasteiger partial charge on any atom is 0.260 e. The quantitative estimate of drug-likeness (QED) is 0.814. The van der Waals surface area contributed by atoms with E-state index < -0.39 is 0 Å². The van der Waals surface area contributed by atoms with Crippen molar-refractivity contribution in [2.75, 3.05) is 25.0 Å². The molecule has 2 aliphatic rings. The number of likely N-dealkylation sites (tertiary alicyclic amines) is 1. The number of rotatable bonds is 5. The van der Waals surface area contributed by atoms with E-state index in [2.05, 4.69) is 17.2 Å². The summed E-state index contributed by atoms with van der Waals surface area (Å²) in [5.41, 5.74) is 1.15. The van der Waals surface area contributed by atoms with Crippen LogP contribution in [0.3, 0.4) is 0 Å². The van der Waals surface area contributed by atoms with Crippen molar-refractivity contribution in [3.05, 3.63) is 40.9 Å². The van der Waals surface area contributed by atoms with Gasteiger partial charge in [0.15, 0.2) is 11.7 Å².